The Balaban J connectivity index is 1.57. The summed E-state index contributed by atoms with van der Waals surface area (Å²) < 4.78 is 5.31. The molecule has 1 saturated carbocycles. The maximum atomic E-state index is 12.9. The van der Waals surface area contributed by atoms with Crippen LogP contribution in [0.15, 0.2) is 16.8 Å². The van der Waals surface area contributed by atoms with Crippen LogP contribution in [0.2, 0.25) is 0 Å². The normalized spacial score (nSPS) is 20.8. The van der Waals surface area contributed by atoms with E-state index in [1.807, 2.05) is 18.7 Å². The van der Waals surface area contributed by atoms with Crippen LogP contribution in [-0.4, -0.2) is 37.5 Å². The third-order valence-corrected chi connectivity index (χ3v) is 4.60. The van der Waals surface area contributed by atoms with E-state index < -0.39 is 0 Å². The molecule has 1 aliphatic carbocycles. The van der Waals surface area contributed by atoms with Crippen LogP contribution in [0.3, 0.4) is 0 Å². The fraction of sp³-hybridized carbons (Fsp3) is 0.588. The second-order valence-corrected chi connectivity index (χ2v) is 6.88. The van der Waals surface area contributed by atoms with Crippen LogP contribution in [0.1, 0.15) is 85.4 Å². The molecule has 1 atom stereocenters. The van der Waals surface area contributed by atoms with Gasteiger partial charge in [-0.3, -0.25) is 4.79 Å². The molecule has 0 radical (unpaired) electrons. The van der Waals surface area contributed by atoms with Crippen molar-refractivity contribution in [2.75, 3.05) is 6.54 Å². The molecule has 2 aliphatic rings. The average molecular weight is 327 g/mol. The second kappa shape index (κ2) is 5.96. The molecule has 1 aliphatic heterocycles. The number of likely N-dealkylation sites (tertiary alicyclic amines) is 1. The maximum Gasteiger partial charge on any atom is 0.273 e. The molecule has 2 fully saturated rings. The minimum atomic E-state index is -0.131. The van der Waals surface area contributed by atoms with Crippen molar-refractivity contribution in [2.24, 2.45) is 0 Å². The molecule has 4 rings (SSSR count). The average Bonchev–Trinajstić information content (AvgIpc) is 3.12. The number of hydrogen-bond acceptors (Lipinski definition) is 6. The highest BCUT2D eigenvalue weighted by molar-refractivity contribution is 5.92. The topological polar surface area (TPSA) is 85.0 Å². The van der Waals surface area contributed by atoms with Gasteiger partial charge >= 0.3 is 0 Å². The first kappa shape index (κ1) is 15.2. The third-order valence-electron chi connectivity index (χ3n) is 4.60. The first-order valence-electron chi connectivity index (χ1n) is 8.61. The molecule has 24 heavy (non-hydrogen) atoms. The summed E-state index contributed by atoms with van der Waals surface area (Å²) in [4.78, 5) is 28.0. The van der Waals surface area contributed by atoms with Gasteiger partial charge in [-0.1, -0.05) is 19.0 Å². The standard InChI is InChI=1S/C17H21N5O2/c1-10(2)16-20-15(21-24-16)13-4-3-9-22(13)17(23)12-7-8-18-14(19-12)11-5-6-11/h7-8,10-11,13H,3-6,9H2,1-2H3/t13-/m1/s1. The molecule has 0 N–H and O–H groups in total. The number of carbonyl (C=O) groups is 1. The highest BCUT2D eigenvalue weighted by Crippen LogP contribution is 2.38. The Morgan fingerprint density at radius 2 is 2.08 bits per heavy atom. The van der Waals surface area contributed by atoms with Crippen LogP contribution in [0.25, 0.3) is 0 Å². The lowest BCUT2D eigenvalue weighted by atomic mass is 10.2. The zero-order chi connectivity index (χ0) is 16.7. The van der Waals surface area contributed by atoms with Crippen molar-refractivity contribution in [2.45, 2.75) is 57.4 Å². The molecule has 7 heteroatoms. The zero-order valence-electron chi connectivity index (χ0n) is 14.0. The fourth-order valence-corrected chi connectivity index (χ4v) is 3.07. The second-order valence-electron chi connectivity index (χ2n) is 6.88. The van der Waals surface area contributed by atoms with Gasteiger partial charge in [0.05, 0.1) is 6.04 Å². The number of amides is 1. The molecular weight excluding hydrogens is 306 g/mol. The van der Waals surface area contributed by atoms with Gasteiger partial charge < -0.3 is 9.42 Å². The Kier molecular flexibility index (Phi) is 3.78. The monoisotopic (exact) mass is 327 g/mol. The van der Waals surface area contributed by atoms with Gasteiger partial charge in [-0.25, -0.2) is 9.97 Å². The quantitative estimate of drug-likeness (QED) is 0.858. The molecule has 126 valence electrons. The number of carbonyl (C=O) groups excluding carboxylic acids is 1. The highest BCUT2D eigenvalue weighted by Gasteiger charge is 2.35. The Bertz CT molecular complexity index is 753. The minimum absolute atomic E-state index is 0.0716. The summed E-state index contributed by atoms with van der Waals surface area (Å²) >= 11 is 0. The Morgan fingerprint density at radius 3 is 2.79 bits per heavy atom. The van der Waals surface area contributed by atoms with Crippen molar-refractivity contribution in [1.29, 1.82) is 0 Å². The van der Waals surface area contributed by atoms with Crippen LogP contribution >= 0.6 is 0 Å². The lowest BCUT2D eigenvalue weighted by Gasteiger charge is -2.21. The van der Waals surface area contributed by atoms with E-state index in [1.165, 1.54) is 0 Å². The van der Waals surface area contributed by atoms with E-state index in [0.717, 1.165) is 31.5 Å². The van der Waals surface area contributed by atoms with Gasteiger partial charge in [0.25, 0.3) is 5.91 Å². The summed E-state index contributed by atoms with van der Waals surface area (Å²) in [5, 5.41) is 4.09. The molecule has 1 amide bonds. The Morgan fingerprint density at radius 1 is 1.25 bits per heavy atom. The van der Waals surface area contributed by atoms with Gasteiger partial charge in [0.2, 0.25) is 5.89 Å². The Labute approximate surface area is 140 Å². The number of nitrogens with zero attached hydrogens (tertiary/aromatic N) is 5. The number of hydrogen-bond donors (Lipinski definition) is 0. The van der Waals surface area contributed by atoms with E-state index in [2.05, 4.69) is 20.1 Å². The van der Waals surface area contributed by atoms with Gasteiger partial charge in [0.1, 0.15) is 11.5 Å². The van der Waals surface area contributed by atoms with Gasteiger partial charge in [0, 0.05) is 24.6 Å². The van der Waals surface area contributed by atoms with Gasteiger partial charge in [-0.15, -0.1) is 0 Å². The first-order valence-corrected chi connectivity index (χ1v) is 8.61. The van der Waals surface area contributed by atoms with E-state index in [-0.39, 0.29) is 17.9 Å². The molecule has 2 aromatic rings. The molecule has 1 saturated heterocycles. The van der Waals surface area contributed by atoms with Gasteiger partial charge in [-0.2, -0.15) is 4.98 Å². The predicted octanol–water partition coefficient (Wildman–Crippen LogP) is 2.84. The van der Waals surface area contributed by atoms with E-state index in [4.69, 9.17) is 4.52 Å². The number of aromatic nitrogens is 4. The van der Waals surface area contributed by atoms with E-state index in [1.54, 1.807) is 12.3 Å². The highest BCUT2D eigenvalue weighted by atomic mass is 16.5. The van der Waals surface area contributed by atoms with Crippen molar-refractivity contribution in [1.82, 2.24) is 25.0 Å². The number of rotatable bonds is 4. The SMILES string of the molecule is CC(C)c1nc([C@H]2CCCN2C(=O)c2ccnc(C3CC3)n2)no1. The van der Waals surface area contributed by atoms with Crippen molar-refractivity contribution in [3.63, 3.8) is 0 Å². The van der Waals surface area contributed by atoms with Crippen LogP contribution in [0.4, 0.5) is 0 Å². The van der Waals surface area contributed by atoms with Crippen molar-refractivity contribution in [3.05, 3.63) is 35.5 Å². The van der Waals surface area contributed by atoms with E-state index >= 15 is 0 Å². The lowest BCUT2D eigenvalue weighted by Crippen LogP contribution is -2.32. The lowest BCUT2D eigenvalue weighted by molar-refractivity contribution is 0.0721. The summed E-state index contributed by atoms with van der Waals surface area (Å²) in [7, 11) is 0. The molecule has 7 nitrogen and oxygen atoms in total. The van der Waals surface area contributed by atoms with Gasteiger partial charge in [0.15, 0.2) is 5.82 Å². The van der Waals surface area contributed by atoms with Crippen molar-refractivity contribution in [3.8, 4) is 0 Å². The molecule has 0 unspecified atom stereocenters. The predicted molar refractivity (Wildman–Crippen MR) is 85.4 cm³/mol. The molecular formula is C17H21N5O2. The molecule has 0 bridgehead atoms. The minimum Gasteiger partial charge on any atom is -0.339 e. The van der Waals surface area contributed by atoms with Crippen LogP contribution < -0.4 is 0 Å². The summed E-state index contributed by atoms with van der Waals surface area (Å²) in [5.41, 5.74) is 0.464. The van der Waals surface area contributed by atoms with Crippen LogP contribution in [0, 0.1) is 0 Å². The fourth-order valence-electron chi connectivity index (χ4n) is 3.07. The molecule has 0 aromatic carbocycles. The largest absolute Gasteiger partial charge is 0.339 e. The molecule has 3 heterocycles. The summed E-state index contributed by atoms with van der Waals surface area (Å²) in [5.74, 6) is 2.54. The summed E-state index contributed by atoms with van der Waals surface area (Å²) in [6.07, 6.45) is 5.70. The summed E-state index contributed by atoms with van der Waals surface area (Å²) in [6.45, 7) is 4.71. The van der Waals surface area contributed by atoms with Crippen molar-refractivity contribution < 1.29 is 9.32 Å². The van der Waals surface area contributed by atoms with Gasteiger partial charge in [-0.05, 0) is 31.7 Å². The maximum absolute atomic E-state index is 12.9. The third kappa shape index (κ3) is 2.79. The zero-order valence-corrected chi connectivity index (χ0v) is 14.0. The van der Waals surface area contributed by atoms with Crippen LogP contribution in [0.5, 0.6) is 0 Å². The van der Waals surface area contributed by atoms with Crippen molar-refractivity contribution >= 4 is 5.91 Å². The Hall–Kier alpha value is -2.31. The first-order chi connectivity index (χ1) is 11.6. The van der Waals surface area contributed by atoms with E-state index in [0.29, 0.717) is 29.9 Å². The van der Waals surface area contributed by atoms with Crippen LogP contribution in [-0.2, 0) is 0 Å². The van der Waals surface area contributed by atoms with E-state index in [9.17, 15) is 4.79 Å². The molecule has 2 aromatic heterocycles. The summed E-state index contributed by atoms with van der Waals surface area (Å²) in [6, 6.07) is 1.56. The smallest absolute Gasteiger partial charge is 0.273 e. The molecule has 0 spiro atoms.